The summed E-state index contributed by atoms with van der Waals surface area (Å²) < 4.78 is 32.9. The molecular formula is C17H19F2N3O3. The van der Waals surface area contributed by atoms with Crippen LogP contribution in [-0.2, 0) is 16.1 Å². The van der Waals surface area contributed by atoms with E-state index in [0.717, 1.165) is 12.1 Å². The summed E-state index contributed by atoms with van der Waals surface area (Å²) in [6.07, 6.45) is 5.76. The average Bonchev–Trinajstić information content (AvgIpc) is 3.12. The highest BCUT2D eigenvalue weighted by Crippen LogP contribution is 2.12. The number of esters is 1. The van der Waals surface area contributed by atoms with Crippen LogP contribution in [0.5, 0.6) is 0 Å². The molecule has 6 nitrogen and oxygen atoms in total. The number of carbonyl (C=O) groups excluding carboxylic acids is 2. The molecule has 0 saturated carbocycles. The summed E-state index contributed by atoms with van der Waals surface area (Å²) in [6, 6.07) is 2.99. The quantitative estimate of drug-likeness (QED) is 0.685. The lowest BCUT2D eigenvalue weighted by Crippen LogP contribution is -2.34. The first kappa shape index (κ1) is 18.6. The fourth-order valence-electron chi connectivity index (χ4n) is 2.32. The molecule has 25 heavy (non-hydrogen) atoms. The molecule has 1 aromatic heterocycles. The number of amides is 1. The van der Waals surface area contributed by atoms with Crippen LogP contribution in [0.4, 0.5) is 8.78 Å². The highest BCUT2D eigenvalue weighted by Gasteiger charge is 2.18. The monoisotopic (exact) mass is 351 g/mol. The Morgan fingerprint density at radius 3 is 2.68 bits per heavy atom. The van der Waals surface area contributed by atoms with Gasteiger partial charge in [-0.05, 0) is 24.6 Å². The van der Waals surface area contributed by atoms with E-state index in [-0.39, 0.29) is 18.5 Å². The van der Waals surface area contributed by atoms with E-state index >= 15 is 0 Å². The van der Waals surface area contributed by atoms with Crippen molar-refractivity contribution in [2.24, 2.45) is 0 Å². The van der Waals surface area contributed by atoms with Crippen molar-refractivity contribution in [3.8, 4) is 0 Å². The lowest BCUT2D eigenvalue weighted by atomic mass is 10.1. The smallest absolute Gasteiger partial charge is 0.307 e. The van der Waals surface area contributed by atoms with E-state index in [2.05, 4.69) is 9.72 Å². The van der Waals surface area contributed by atoms with Crippen LogP contribution >= 0.6 is 0 Å². The Morgan fingerprint density at radius 2 is 2.04 bits per heavy atom. The van der Waals surface area contributed by atoms with Gasteiger partial charge in [0.25, 0.3) is 5.91 Å². The number of aryl methyl sites for hydroxylation is 1. The minimum atomic E-state index is -1.09. The first-order valence-electron chi connectivity index (χ1n) is 7.78. The molecule has 0 fully saturated rings. The Hall–Kier alpha value is -2.77. The number of hydrogen-bond acceptors (Lipinski definition) is 4. The average molecular weight is 351 g/mol. The van der Waals surface area contributed by atoms with Crippen LogP contribution in [0.2, 0.25) is 0 Å². The maximum atomic E-state index is 13.4. The number of aromatic nitrogens is 2. The maximum Gasteiger partial charge on any atom is 0.307 e. The largest absolute Gasteiger partial charge is 0.469 e. The Balaban J connectivity index is 2.04. The van der Waals surface area contributed by atoms with Crippen molar-refractivity contribution < 1.29 is 23.1 Å². The zero-order valence-corrected chi connectivity index (χ0v) is 13.8. The van der Waals surface area contributed by atoms with E-state index in [9.17, 15) is 18.4 Å². The molecule has 0 unspecified atom stereocenters. The number of benzene rings is 1. The van der Waals surface area contributed by atoms with Crippen molar-refractivity contribution in [1.82, 2.24) is 14.5 Å². The highest BCUT2D eigenvalue weighted by molar-refractivity contribution is 5.94. The van der Waals surface area contributed by atoms with Crippen molar-refractivity contribution >= 4 is 11.9 Å². The normalized spacial score (nSPS) is 10.5. The Labute approximate surface area is 144 Å². The molecule has 134 valence electrons. The van der Waals surface area contributed by atoms with Crippen molar-refractivity contribution in [2.75, 3.05) is 20.2 Å². The third kappa shape index (κ3) is 5.37. The molecule has 0 bridgehead atoms. The second kappa shape index (κ2) is 8.91. The first-order valence-corrected chi connectivity index (χ1v) is 7.78. The molecule has 0 aliphatic carbocycles. The number of imidazole rings is 1. The summed E-state index contributed by atoms with van der Waals surface area (Å²) in [6.45, 7) is 1.13. The lowest BCUT2D eigenvalue weighted by molar-refractivity contribution is -0.140. The molecule has 8 heteroatoms. The van der Waals surface area contributed by atoms with Crippen LogP contribution < -0.4 is 0 Å². The SMILES string of the molecule is COC(=O)CCN(CCCn1ccnc1)C(=O)c1ccc(F)c(F)c1. The van der Waals surface area contributed by atoms with Crippen molar-refractivity contribution in [3.05, 3.63) is 54.1 Å². The van der Waals surface area contributed by atoms with Gasteiger partial charge in [0.1, 0.15) is 0 Å². The first-order chi connectivity index (χ1) is 12.0. The number of rotatable bonds is 8. The van der Waals surface area contributed by atoms with Crippen LogP contribution in [0.15, 0.2) is 36.9 Å². The molecule has 1 aromatic carbocycles. The van der Waals surface area contributed by atoms with Gasteiger partial charge in [-0.1, -0.05) is 0 Å². The molecule has 1 amide bonds. The molecular weight excluding hydrogens is 332 g/mol. The molecule has 0 N–H and O–H groups in total. The van der Waals surface area contributed by atoms with Gasteiger partial charge in [0.2, 0.25) is 0 Å². The van der Waals surface area contributed by atoms with Gasteiger partial charge in [0, 0.05) is 37.6 Å². The minimum Gasteiger partial charge on any atom is -0.469 e. The van der Waals surface area contributed by atoms with Gasteiger partial charge >= 0.3 is 5.97 Å². The summed E-state index contributed by atoms with van der Waals surface area (Å²) in [4.78, 5) is 29.3. The third-order valence-electron chi connectivity index (χ3n) is 3.67. The van der Waals surface area contributed by atoms with Crippen molar-refractivity contribution in [1.29, 1.82) is 0 Å². The molecule has 2 aromatic rings. The van der Waals surface area contributed by atoms with Gasteiger partial charge in [-0.2, -0.15) is 0 Å². The molecule has 0 atom stereocenters. The molecule has 0 aliphatic rings. The molecule has 2 rings (SSSR count). The van der Waals surface area contributed by atoms with E-state index in [1.165, 1.54) is 18.1 Å². The van der Waals surface area contributed by atoms with Gasteiger partial charge in [0.15, 0.2) is 11.6 Å². The number of ether oxygens (including phenoxy) is 1. The standard InChI is InChI=1S/C17H19F2N3O3/c1-25-16(23)5-9-22(8-2-7-21-10-6-20-12-21)17(24)13-3-4-14(18)15(19)11-13/h3-4,6,10-12H,2,5,7-9H2,1H3. The summed E-state index contributed by atoms with van der Waals surface area (Å²) in [5.74, 6) is -3.01. The van der Waals surface area contributed by atoms with Gasteiger partial charge in [0.05, 0.1) is 19.9 Å². The van der Waals surface area contributed by atoms with Gasteiger partial charge < -0.3 is 14.2 Å². The second-order valence-electron chi connectivity index (χ2n) is 5.40. The fourth-order valence-corrected chi connectivity index (χ4v) is 2.32. The summed E-state index contributed by atoms with van der Waals surface area (Å²) in [5.41, 5.74) is 0.0337. The number of carbonyl (C=O) groups is 2. The van der Waals surface area contributed by atoms with E-state index < -0.39 is 23.5 Å². The van der Waals surface area contributed by atoms with E-state index in [0.29, 0.717) is 19.5 Å². The Kier molecular flexibility index (Phi) is 6.62. The minimum absolute atomic E-state index is 0.0248. The maximum absolute atomic E-state index is 13.4. The number of nitrogens with zero attached hydrogens (tertiary/aromatic N) is 3. The topological polar surface area (TPSA) is 64.4 Å². The molecule has 0 spiro atoms. The van der Waals surface area contributed by atoms with Crippen LogP contribution in [-0.4, -0.2) is 46.5 Å². The Morgan fingerprint density at radius 1 is 1.24 bits per heavy atom. The summed E-state index contributed by atoms with van der Waals surface area (Å²) in [5, 5.41) is 0. The molecule has 0 aliphatic heterocycles. The van der Waals surface area contributed by atoms with Crippen molar-refractivity contribution in [2.45, 2.75) is 19.4 Å². The van der Waals surface area contributed by atoms with E-state index in [4.69, 9.17) is 0 Å². The van der Waals surface area contributed by atoms with E-state index in [1.807, 2.05) is 4.57 Å². The predicted octanol–water partition coefficient (Wildman–Crippen LogP) is 2.26. The number of halogens is 2. The molecule has 0 saturated heterocycles. The Bertz CT molecular complexity index is 720. The predicted molar refractivity (Wildman–Crippen MR) is 85.7 cm³/mol. The summed E-state index contributed by atoms with van der Waals surface area (Å²) >= 11 is 0. The highest BCUT2D eigenvalue weighted by atomic mass is 19.2. The van der Waals surface area contributed by atoms with Gasteiger partial charge in [-0.25, -0.2) is 13.8 Å². The number of hydrogen-bond donors (Lipinski definition) is 0. The van der Waals surface area contributed by atoms with E-state index in [1.54, 1.807) is 18.7 Å². The van der Waals surface area contributed by atoms with Gasteiger partial charge in [-0.3, -0.25) is 9.59 Å². The van der Waals surface area contributed by atoms with Crippen LogP contribution in [0.3, 0.4) is 0 Å². The van der Waals surface area contributed by atoms with Crippen LogP contribution in [0, 0.1) is 11.6 Å². The zero-order valence-electron chi connectivity index (χ0n) is 13.8. The van der Waals surface area contributed by atoms with Gasteiger partial charge in [-0.15, -0.1) is 0 Å². The lowest BCUT2D eigenvalue weighted by Gasteiger charge is -2.22. The number of methoxy groups -OCH3 is 1. The molecule has 1 heterocycles. The third-order valence-corrected chi connectivity index (χ3v) is 3.67. The van der Waals surface area contributed by atoms with Crippen molar-refractivity contribution in [3.63, 3.8) is 0 Å². The second-order valence-corrected chi connectivity index (χ2v) is 5.40. The fraction of sp³-hybridized carbons (Fsp3) is 0.353. The summed E-state index contributed by atoms with van der Waals surface area (Å²) in [7, 11) is 1.27. The van der Waals surface area contributed by atoms with Crippen LogP contribution in [0.1, 0.15) is 23.2 Å². The molecule has 0 radical (unpaired) electrons. The zero-order chi connectivity index (χ0) is 18.2. The van der Waals surface area contributed by atoms with Crippen LogP contribution in [0.25, 0.3) is 0 Å².